The number of nitrogens with zero attached hydrogens (tertiary/aromatic N) is 1. The Morgan fingerprint density at radius 1 is 0.857 bits per heavy atom. The highest BCUT2D eigenvalue weighted by atomic mass is 79.9. The lowest BCUT2D eigenvalue weighted by atomic mass is 10.1. The van der Waals surface area contributed by atoms with Crippen molar-refractivity contribution in [1.82, 2.24) is 5.43 Å². The number of para-hydroxylation sites is 1. The average Bonchev–Trinajstić information content (AvgIpc) is 2.70. The third kappa shape index (κ3) is 5.06. The van der Waals surface area contributed by atoms with Crippen LogP contribution in [0.3, 0.4) is 0 Å². The predicted octanol–water partition coefficient (Wildman–Crippen LogP) is 5.12. The SMILES string of the molecule is O=C(Nc1ccccc1C(=O)N/N=C\c1ccc(Br)cc1)c1ccccc1Cl. The van der Waals surface area contributed by atoms with Crippen LogP contribution in [-0.4, -0.2) is 18.0 Å². The van der Waals surface area contributed by atoms with E-state index in [4.69, 9.17) is 11.6 Å². The second-order valence-corrected chi connectivity index (χ2v) is 7.05. The van der Waals surface area contributed by atoms with Crippen LogP contribution >= 0.6 is 27.5 Å². The molecule has 3 aromatic rings. The Kier molecular flexibility index (Phi) is 6.57. The zero-order valence-corrected chi connectivity index (χ0v) is 16.9. The molecule has 0 aliphatic carbocycles. The first kappa shape index (κ1) is 19.8. The van der Waals surface area contributed by atoms with Gasteiger partial charge in [0.15, 0.2) is 0 Å². The summed E-state index contributed by atoms with van der Waals surface area (Å²) in [4.78, 5) is 25.0. The van der Waals surface area contributed by atoms with Crippen molar-refractivity contribution < 1.29 is 9.59 Å². The van der Waals surface area contributed by atoms with E-state index in [1.165, 1.54) is 6.21 Å². The number of rotatable bonds is 5. The van der Waals surface area contributed by atoms with Crippen LogP contribution in [0.5, 0.6) is 0 Å². The van der Waals surface area contributed by atoms with E-state index in [0.29, 0.717) is 16.3 Å². The summed E-state index contributed by atoms with van der Waals surface area (Å²) in [6.07, 6.45) is 1.54. The van der Waals surface area contributed by atoms with Crippen molar-refractivity contribution in [3.05, 3.63) is 99.0 Å². The van der Waals surface area contributed by atoms with Gasteiger partial charge in [-0.1, -0.05) is 63.9 Å². The first-order valence-corrected chi connectivity index (χ1v) is 9.45. The molecule has 0 fully saturated rings. The van der Waals surface area contributed by atoms with Crippen molar-refractivity contribution in [3.63, 3.8) is 0 Å². The molecule has 0 radical (unpaired) electrons. The van der Waals surface area contributed by atoms with E-state index in [2.05, 4.69) is 31.8 Å². The van der Waals surface area contributed by atoms with Crippen LogP contribution in [0.2, 0.25) is 5.02 Å². The largest absolute Gasteiger partial charge is 0.321 e. The molecule has 5 nitrogen and oxygen atoms in total. The molecule has 0 spiro atoms. The van der Waals surface area contributed by atoms with Crippen LogP contribution in [0.25, 0.3) is 0 Å². The summed E-state index contributed by atoms with van der Waals surface area (Å²) in [6, 6.07) is 20.9. The van der Waals surface area contributed by atoms with Crippen molar-refractivity contribution in [3.8, 4) is 0 Å². The Hall–Kier alpha value is -2.96. The number of benzene rings is 3. The zero-order valence-electron chi connectivity index (χ0n) is 14.5. The number of carbonyl (C=O) groups is 2. The van der Waals surface area contributed by atoms with Crippen molar-refractivity contribution in [1.29, 1.82) is 0 Å². The van der Waals surface area contributed by atoms with Gasteiger partial charge in [0.05, 0.1) is 28.1 Å². The molecular weight excluding hydrogens is 442 g/mol. The van der Waals surface area contributed by atoms with E-state index in [1.54, 1.807) is 48.5 Å². The summed E-state index contributed by atoms with van der Waals surface area (Å²) in [5, 5.41) is 7.02. The molecule has 0 aliphatic rings. The Labute approximate surface area is 175 Å². The number of anilines is 1. The first-order valence-electron chi connectivity index (χ1n) is 8.28. The molecule has 2 amide bonds. The summed E-state index contributed by atoms with van der Waals surface area (Å²) in [5.41, 5.74) is 4.28. The van der Waals surface area contributed by atoms with Gasteiger partial charge in [-0.3, -0.25) is 9.59 Å². The fourth-order valence-electron chi connectivity index (χ4n) is 2.40. The quantitative estimate of drug-likeness (QED) is 0.413. The Morgan fingerprint density at radius 2 is 1.50 bits per heavy atom. The van der Waals surface area contributed by atoms with Gasteiger partial charge in [0.2, 0.25) is 0 Å². The molecule has 0 aromatic heterocycles. The van der Waals surface area contributed by atoms with Gasteiger partial charge in [0, 0.05) is 4.47 Å². The van der Waals surface area contributed by atoms with Crippen LogP contribution in [0, 0.1) is 0 Å². The number of hydrogen-bond acceptors (Lipinski definition) is 3. The van der Waals surface area contributed by atoms with E-state index in [1.807, 2.05) is 24.3 Å². The third-order valence-electron chi connectivity index (χ3n) is 3.79. The normalized spacial score (nSPS) is 10.6. The molecule has 2 N–H and O–H groups in total. The van der Waals surface area contributed by atoms with E-state index in [9.17, 15) is 9.59 Å². The maximum Gasteiger partial charge on any atom is 0.273 e. The topological polar surface area (TPSA) is 70.6 Å². The average molecular weight is 457 g/mol. The maximum atomic E-state index is 12.5. The van der Waals surface area contributed by atoms with Gasteiger partial charge in [0.1, 0.15) is 0 Å². The van der Waals surface area contributed by atoms with Crippen LogP contribution in [0.4, 0.5) is 5.69 Å². The van der Waals surface area contributed by atoms with Crippen molar-refractivity contribution >= 4 is 51.2 Å². The minimum atomic E-state index is -0.441. The molecule has 0 saturated heterocycles. The Morgan fingerprint density at radius 3 is 2.21 bits per heavy atom. The molecule has 7 heteroatoms. The standard InChI is InChI=1S/C21H15BrClN3O2/c22-15-11-9-14(10-12-15)13-24-26-21(28)17-6-2-4-8-19(17)25-20(27)16-5-1-3-7-18(16)23/h1-13H,(H,25,27)(H,26,28)/b24-13-. The van der Waals surface area contributed by atoms with Gasteiger partial charge in [-0.2, -0.15) is 5.10 Å². The van der Waals surface area contributed by atoms with Gasteiger partial charge in [-0.15, -0.1) is 0 Å². The molecule has 3 aromatic carbocycles. The van der Waals surface area contributed by atoms with E-state index < -0.39 is 11.8 Å². The number of hydrazone groups is 1. The molecule has 28 heavy (non-hydrogen) atoms. The third-order valence-corrected chi connectivity index (χ3v) is 4.65. The van der Waals surface area contributed by atoms with Crippen LogP contribution in [0.1, 0.15) is 26.3 Å². The number of nitrogens with one attached hydrogen (secondary N) is 2. The minimum absolute atomic E-state index is 0.288. The highest BCUT2D eigenvalue weighted by Crippen LogP contribution is 2.20. The lowest BCUT2D eigenvalue weighted by Gasteiger charge is -2.10. The number of amides is 2. The van der Waals surface area contributed by atoms with Crippen molar-refractivity contribution in [2.24, 2.45) is 5.10 Å². The van der Waals surface area contributed by atoms with Gasteiger partial charge >= 0.3 is 0 Å². The van der Waals surface area contributed by atoms with Crippen molar-refractivity contribution in [2.45, 2.75) is 0 Å². The van der Waals surface area contributed by atoms with Crippen LogP contribution in [-0.2, 0) is 0 Å². The molecular formula is C21H15BrClN3O2. The molecule has 0 atom stereocenters. The van der Waals surface area contributed by atoms with E-state index in [-0.39, 0.29) is 5.56 Å². The van der Waals surface area contributed by atoms with Gasteiger partial charge in [-0.25, -0.2) is 5.43 Å². The highest BCUT2D eigenvalue weighted by Gasteiger charge is 2.15. The van der Waals surface area contributed by atoms with E-state index in [0.717, 1.165) is 10.0 Å². The summed E-state index contributed by atoms with van der Waals surface area (Å²) in [7, 11) is 0. The van der Waals surface area contributed by atoms with Gasteiger partial charge in [0.25, 0.3) is 11.8 Å². The molecule has 0 unspecified atom stereocenters. The second-order valence-electron chi connectivity index (χ2n) is 5.73. The maximum absolute atomic E-state index is 12.5. The fourth-order valence-corrected chi connectivity index (χ4v) is 2.89. The minimum Gasteiger partial charge on any atom is -0.321 e. The summed E-state index contributed by atoms with van der Waals surface area (Å²) in [6.45, 7) is 0. The molecule has 0 bridgehead atoms. The summed E-state index contributed by atoms with van der Waals surface area (Å²) < 4.78 is 0.955. The fraction of sp³-hybridized carbons (Fsp3) is 0. The first-order chi connectivity index (χ1) is 13.5. The van der Waals surface area contributed by atoms with Crippen molar-refractivity contribution in [2.75, 3.05) is 5.32 Å². The molecule has 0 aliphatic heterocycles. The summed E-state index contributed by atoms with van der Waals surface area (Å²) >= 11 is 9.42. The van der Waals surface area contributed by atoms with E-state index >= 15 is 0 Å². The molecule has 3 rings (SSSR count). The zero-order chi connectivity index (χ0) is 19.9. The molecule has 0 heterocycles. The lowest BCUT2D eigenvalue weighted by molar-refractivity contribution is 0.0956. The Balaban J connectivity index is 1.72. The molecule has 0 saturated carbocycles. The number of hydrogen-bond donors (Lipinski definition) is 2. The number of halogens is 2. The Bertz CT molecular complexity index is 1040. The second kappa shape index (κ2) is 9.30. The number of carbonyl (C=O) groups excluding carboxylic acids is 2. The smallest absolute Gasteiger partial charge is 0.273 e. The van der Waals surface area contributed by atoms with Gasteiger partial charge in [-0.05, 0) is 42.0 Å². The van der Waals surface area contributed by atoms with Crippen LogP contribution < -0.4 is 10.7 Å². The van der Waals surface area contributed by atoms with Crippen LogP contribution in [0.15, 0.2) is 82.4 Å². The lowest BCUT2D eigenvalue weighted by Crippen LogP contribution is -2.21. The predicted molar refractivity (Wildman–Crippen MR) is 115 cm³/mol. The monoisotopic (exact) mass is 455 g/mol. The summed E-state index contributed by atoms with van der Waals surface area (Å²) in [5.74, 6) is -0.840. The van der Waals surface area contributed by atoms with Gasteiger partial charge < -0.3 is 5.32 Å². The molecule has 140 valence electrons. The highest BCUT2D eigenvalue weighted by molar-refractivity contribution is 9.10.